The van der Waals surface area contributed by atoms with Gasteiger partial charge in [-0.1, -0.05) is 19.1 Å². The summed E-state index contributed by atoms with van der Waals surface area (Å²) in [4.78, 5) is 13.1. The molecule has 1 aliphatic rings. The molecule has 0 aliphatic carbocycles. The third-order valence-electron chi connectivity index (χ3n) is 4.31. The Morgan fingerprint density at radius 1 is 1.33 bits per heavy atom. The number of rotatable bonds is 7. The molecule has 0 saturated carbocycles. The number of ether oxygens (including phenoxy) is 2. The van der Waals surface area contributed by atoms with Gasteiger partial charge in [-0.2, -0.15) is 0 Å². The van der Waals surface area contributed by atoms with Crippen molar-refractivity contribution in [3.63, 3.8) is 0 Å². The fourth-order valence-electron chi connectivity index (χ4n) is 2.92. The van der Waals surface area contributed by atoms with Crippen molar-refractivity contribution in [1.29, 1.82) is 0 Å². The Bertz CT molecular complexity index is 467. The highest BCUT2D eigenvalue weighted by Crippen LogP contribution is 2.36. The van der Waals surface area contributed by atoms with Crippen LogP contribution >= 0.6 is 0 Å². The van der Waals surface area contributed by atoms with Crippen LogP contribution in [0.5, 0.6) is 5.75 Å². The van der Waals surface area contributed by atoms with Crippen LogP contribution in [0.4, 0.5) is 0 Å². The predicted octanol–water partition coefficient (Wildman–Crippen LogP) is 2.67. The normalized spacial score (nSPS) is 22.0. The molecule has 4 nitrogen and oxygen atoms in total. The number of benzene rings is 1. The Morgan fingerprint density at radius 3 is 2.81 bits per heavy atom. The molecule has 4 heteroatoms. The number of carbonyl (C=O) groups excluding carboxylic acids is 1. The first kappa shape index (κ1) is 16.0. The lowest BCUT2D eigenvalue weighted by molar-refractivity contribution is 0.0723. The maximum absolute atomic E-state index is 13.1. The molecule has 0 bridgehead atoms. The molecule has 0 aromatic heterocycles. The van der Waals surface area contributed by atoms with E-state index in [9.17, 15) is 4.79 Å². The summed E-state index contributed by atoms with van der Waals surface area (Å²) in [5.74, 6) is 0.864. The van der Waals surface area contributed by atoms with Crippen molar-refractivity contribution in [2.24, 2.45) is 5.41 Å². The standard InChI is InChI=1S/C17H25NO3/c1-3-17(9-6-10-18-13-17)16(19)14-7-4-5-8-15(14)21-12-11-20-2/h4-5,7-8,18H,3,6,9-13H2,1-2H3. The number of hydrogen-bond donors (Lipinski definition) is 1. The monoisotopic (exact) mass is 291 g/mol. The molecule has 1 aromatic rings. The van der Waals surface area contributed by atoms with Gasteiger partial charge in [0.25, 0.3) is 0 Å². The summed E-state index contributed by atoms with van der Waals surface area (Å²) < 4.78 is 10.7. The lowest BCUT2D eigenvalue weighted by Gasteiger charge is -2.35. The Hall–Kier alpha value is -1.39. The summed E-state index contributed by atoms with van der Waals surface area (Å²) in [6.07, 6.45) is 2.85. The molecule has 2 rings (SSSR count). The topological polar surface area (TPSA) is 47.6 Å². The minimum Gasteiger partial charge on any atom is -0.490 e. The number of piperidine rings is 1. The fourth-order valence-corrected chi connectivity index (χ4v) is 2.92. The summed E-state index contributed by atoms with van der Waals surface area (Å²) in [6, 6.07) is 7.53. The maximum Gasteiger partial charge on any atom is 0.173 e. The zero-order chi connectivity index (χ0) is 15.1. The number of Topliss-reactive ketones (excluding diaryl/α,β-unsaturated/α-hetero) is 1. The Kier molecular flexibility index (Phi) is 5.76. The predicted molar refractivity (Wildman–Crippen MR) is 83.0 cm³/mol. The first-order valence-electron chi connectivity index (χ1n) is 7.70. The molecule has 1 atom stereocenters. The quantitative estimate of drug-likeness (QED) is 0.620. The van der Waals surface area contributed by atoms with Gasteiger partial charge in [0.15, 0.2) is 5.78 Å². The van der Waals surface area contributed by atoms with E-state index < -0.39 is 0 Å². The number of carbonyl (C=O) groups is 1. The van der Waals surface area contributed by atoms with E-state index in [1.54, 1.807) is 7.11 Å². The van der Waals surface area contributed by atoms with E-state index >= 15 is 0 Å². The number of hydrogen-bond acceptors (Lipinski definition) is 4. The van der Waals surface area contributed by atoms with E-state index in [1.807, 2.05) is 24.3 Å². The molecule has 1 fully saturated rings. The van der Waals surface area contributed by atoms with Crippen LogP contribution in [0.15, 0.2) is 24.3 Å². The average Bonchev–Trinajstić information content (AvgIpc) is 2.55. The van der Waals surface area contributed by atoms with Crippen molar-refractivity contribution in [1.82, 2.24) is 5.32 Å². The highest BCUT2D eigenvalue weighted by Gasteiger charge is 2.39. The van der Waals surface area contributed by atoms with Gasteiger partial charge < -0.3 is 14.8 Å². The van der Waals surface area contributed by atoms with Crippen molar-refractivity contribution in [3.05, 3.63) is 29.8 Å². The number of ketones is 1. The second-order valence-corrected chi connectivity index (χ2v) is 5.58. The van der Waals surface area contributed by atoms with E-state index in [1.165, 1.54) is 0 Å². The van der Waals surface area contributed by atoms with Crippen LogP contribution in [-0.2, 0) is 4.74 Å². The van der Waals surface area contributed by atoms with Crippen molar-refractivity contribution >= 4 is 5.78 Å². The molecule has 1 saturated heterocycles. The number of methoxy groups -OCH3 is 1. The third-order valence-corrected chi connectivity index (χ3v) is 4.31. The lowest BCUT2D eigenvalue weighted by atomic mass is 9.72. The summed E-state index contributed by atoms with van der Waals surface area (Å²) in [6.45, 7) is 4.83. The molecule has 1 heterocycles. The molecule has 1 aromatic carbocycles. The Labute approximate surface area is 126 Å². The van der Waals surface area contributed by atoms with Crippen LogP contribution in [0, 0.1) is 5.41 Å². The second kappa shape index (κ2) is 7.57. The minimum atomic E-state index is -0.293. The second-order valence-electron chi connectivity index (χ2n) is 5.58. The van der Waals surface area contributed by atoms with Crippen LogP contribution < -0.4 is 10.1 Å². The lowest BCUT2D eigenvalue weighted by Crippen LogP contribution is -2.45. The molecule has 21 heavy (non-hydrogen) atoms. The van der Waals surface area contributed by atoms with Crippen LogP contribution in [0.2, 0.25) is 0 Å². The van der Waals surface area contributed by atoms with E-state index in [2.05, 4.69) is 12.2 Å². The van der Waals surface area contributed by atoms with Crippen molar-refractivity contribution in [3.8, 4) is 5.75 Å². The molecule has 116 valence electrons. The number of nitrogens with one attached hydrogen (secondary N) is 1. The van der Waals surface area contributed by atoms with Gasteiger partial charge in [-0.25, -0.2) is 0 Å². The van der Waals surface area contributed by atoms with Gasteiger partial charge >= 0.3 is 0 Å². The Balaban J connectivity index is 2.21. The molecule has 0 amide bonds. The molecule has 1 aliphatic heterocycles. The molecular formula is C17H25NO3. The van der Waals surface area contributed by atoms with Gasteiger partial charge in [0.2, 0.25) is 0 Å². The van der Waals surface area contributed by atoms with Crippen LogP contribution in [0.1, 0.15) is 36.5 Å². The summed E-state index contributed by atoms with van der Waals surface area (Å²) >= 11 is 0. The van der Waals surface area contributed by atoms with Gasteiger partial charge in [-0.15, -0.1) is 0 Å². The van der Waals surface area contributed by atoms with E-state index in [0.717, 1.165) is 32.4 Å². The molecule has 1 unspecified atom stereocenters. The summed E-state index contributed by atoms with van der Waals surface area (Å²) in [5.41, 5.74) is 0.401. The average molecular weight is 291 g/mol. The van der Waals surface area contributed by atoms with Gasteiger partial charge in [0.05, 0.1) is 12.2 Å². The van der Waals surface area contributed by atoms with Crippen molar-refractivity contribution in [2.75, 3.05) is 33.4 Å². The van der Waals surface area contributed by atoms with Gasteiger partial charge in [-0.05, 0) is 37.9 Å². The van der Waals surface area contributed by atoms with E-state index in [4.69, 9.17) is 9.47 Å². The Morgan fingerprint density at radius 2 is 2.14 bits per heavy atom. The summed E-state index contributed by atoms with van der Waals surface area (Å²) in [5, 5.41) is 3.37. The maximum atomic E-state index is 13.1. The minimum absolute atomic E-state index is 0.199. The molecule has 0 spiro atoms. The smallest absolute Gasteiger partial charge is 0.173 e. The largest absolute Gasteiger partial charge is 0.490 e. The van der Waals surface area contributed by atoms with Crippen molar-refractivity contribution in [2.45, 2.75) is 26.2 Å². The van der Waals surface area contributed by atoms with Crippen LogP contribution in [-0.4, -0.2) is 39.2 Å². The fraction of sp³-hybridized carbons (Fsp3) is 0.588. The zero-order valence-electron chi connectivity index (χ0n) is 13.0. The molecule has 1 N–H and O–H groups in total. The highest BCUT2D eigenvalue weighted by atomic mass is 16.5. The first-order valence-corrected chi connectivity index (χ1v) is 7.70. The van der Waals surface area contributed by atoms with Crippen molar-refractivity contribution < 1.29 is 14.3 Å². The van der Waals surface area contributed by atoms with E-state index in [-0.39, 0.29) is 11.2 Å². The number of para-hydroxylation sites is 1. The van der Waals surface area contributed by atoms with Gasteiger partial charge in [0.1, 0.15) is 12.4 Å². The van der Waals surface area contributed by atoms with E-state index in [0.29, 0.717) is 24.5 Å². The third kappa shape index (κ3) is 3.63. The summed E-state index contributed by atoms with van der Waals surface area (Å²) in [7, 11) is 1.64. The van der Waals surface area contributed by atoms with Crippen LogP contribution in [0.3, 0.4) is 0 Å². The highest BCUT2D eigenvalue weighted by molar-refractivity contribution is 6.03. The van der Waals surface area contributed by atoms with Gasteiger partial charge in [0, 0.05) is 19.1 Å². The molecule has 0 radical (unpaired) electrons. The van der Waals surface area contributed by atoms with Gasteiger partial charge in [-0.3, -0.25) is 4.79 Å². The molecular weight excluding hydrogens is 266 g/mol. The zero-order valence-corrected chi connectivity index (χ0v) is 13.0. The van der Waals surface area contributed by atoms with Crippen LogP contribution in [0.25, 0.3) is 0 Å². The first-order chi connectivity index (χ1) is 10.2. The SMILES string of the molecule is CCC1(C(=O)c2ccccc2OCCOC)CCCNC1.